The molecule has 0 bridgehead atoms. The predicted octanol–water partition coefficient (Wildman–Crippen LogP) is 1.83. The quantitative estimate of drug-likeness (QED) is 0.778. The van der Waals surface area contributed by atoms with Gasteiger partial charge in [0.1, 0.15) is 0 Å². The summed E-state index contributed by atoms with van der Waals surface area (Å²) >= 11 is 0. The predicted molar refractivity (Wildman–Crippen MR) is 61.9 cm³/mol. The van der Waals surface area contributed by atoms with Gasteiger partial charge in [-0.1, -0.05) is 20.3 Å². The number of carbonyl (C=O) groups excluding carboxylic acids is 1. The Morgan fingerprint density at radius 1 is 1.62 bits per heavy atom. The monoisotopic (exact) mass is 224 g/mol. The van der Waals surface area contributed by atoms with Gasteiger partial charge in [-0.2, -0.15) is 4.99 Å². The maximum atomic E-state index is 11.8. The van der Waals surface area contributed by atoms with Crippen molar-refractivity contribution in [1.82, 2.24) is 0 Å². The molecule has 1 aliphatic carbocycles. The molecule has 1 spiro atoms. The lowest BCUT2D eigenvalue weighted by Gasteiger charge is -2.35. The van der Waals surface area contributed by atoms with Gasteiger partial charge < -0.3 is 10.5 Å². The molecule has 0 radical (unpaired) electrons. The summed E-state index contributed by atoms with van der Waals surface area (Å²) < 4.78 is 5.49. The van der Waals surface area contributed by atoms with Crippen molar-refractivity contribution in [3.63, 3.8) is 0 Å². The van der Waals surface area contributed by atoms with Gasteiger partial charge in [-0.3, -0.25) is 4.79 Å². The van der Waals surface area contributed by atoms with Gasteiger partial charge in [0.25, 0.3) is 11.9 Å². The third-order valence-electron chi connectivity index (χ3n) is 3.52. The molecular formula is C12H20N2O2. The molecule has 0 aromatic rings. The number of hydrogen-bond acceptors (Lipinski definition) is 3. The summed E-state index contributed by atoms with van der Waals surface area (Å²) in [5.41, 5.74) is 4.78. The lowest BCUT2D eigenvalue weighted by molar-refractivity contribution is -0.135. The van der Waals surface area contributed by atoms with Crippen LogP contribution in [-0.2, 0) is 9.53 Å². The first-order valence-electron chi connectivity index (χ1n) is 6.09. The molecule has 2 N–H and O–H groups in total. The highest BCUT2D eigenvalue weighted by Crippen LogP contribution is 2.40. The maximum Gasteiger partial charge on any atom is 0.294 e. The minimum atomic E-state index is -0.706. The molecule has 90 valence electrons. The largest absolute Gasteiger partial charge is 0.448 e. The Morgan fingerprint density at radius 3 is 2.94 bits per heavy atom. The Kier molecular flexibility index (Phi) is 2.91. The second kappa shape index (κ2) is 4.07. The molecule has 1 saturated carbocycles. The summed E-state index contributed by atoms with van der Waals surface area (Å²) in [6, 6.07) is 0.0511. The van der Waals surface area contributed by atoms with E-state index >= 15 is 0 Å². The van der Waals surface area contributed by atoms with Crippen molar-refractivity contribution in [1.29, 1.82) is 0 Å². The summed E-state index contributed by atoms with van der Waals surface area (Å²) in [5.74, 6) is 1.06. The average Bonchev–Trinajstić information content (AvgIpc) is 2.40. The first kappa shape index (κ1) is 11.4. The topological polar surface area (TPSA) is 64.7 Å². The number of amidine groups is 1. The van der Waals surface area contributed by atoms with Gasteiger partial charge in [-0.05, 0) is 37.5 Å². The van der Waals surface area contributed by atoms with E-state index in [2.05, 4.69) is 18.8 Å². The second-order valence-corrected chi connectivity index (χ2v) is 5.44. The number of rotatable bonds is 2. The van der Waals surface area contributed by atoms with E-state index in [1.165, 1.54) is 6.42 Å². The molecule has 1 aliphatic heterocycles. The van der Waals surface area contributed by atoms with Crippen molar-refractivity contribution in [2.24, 2.45) is 22.6 Å². The number of amides is 1. The Bertz CT molecular complexity index is 325. The first-order chi connectivity index (χ1) is 7.52. The Balaban J connectivity index is 2.04. The zero-order chi connectivity index (χ0) is 11.8. The smallest absolute Gasteiger partial charge is 0.294 e. The molecule has 4 nitrogen and oxygen atoms in total. The fourth-order valence-corrected chi connectivity index (χ4v) is 2.97. The van der Waals surface area contributed by atoms with Gasteiger partial charge in [0.2, 0.25) is 0 Å². The lowest BCUT2D eigenvalue weighted by Crippen LogP contribution is -2.43. The Hall–Kier alpha value is -1.06. The van der Waals surface area contributed by atoms with Crippen LogP contribution in [0.5, 0.6) is 0 Å². The van der Waals surface area contributed by atoms with Gasteiger partial charge in [0, 0.05) is 0 Å². The summed E-state index contributed by atoms with van der Waals surface area (Å²) in [4.78, 5) is 15.5. The van der Waals surface area contributed by atoms with Gasteiger partial charge in [0.15, 0.2) is 5.60 Å². The van der Waals surface area contributed by atoms with Crippen molar-refractivity contribution < 1.29 is 9.53 Å². The van der Waals surface area contributed by atoms with Crippen molar-refractivity contribution in [2.45, 2.75) is 51.6 Å². The van der Waals surface area contributed by atoms with E-state index in [1.54, 1.807) is 0 Å². The molecule has 2 atom stereocenters. The summed E-state index contributed by atoms with van der Waals surface area (Å²) in [6.45, 7) is 4.42. The van der Waals surface area contributed by atoms with Crippen LogP contribution in [0.25, 0.3) is 0 Å². The number of carbonyl (C=O) groups is 1. The SMILES string of the molecule is CC(C)CC1CCCC2(C1)OC(N)=NC2=O. The first-order valence-corrected chi connectivity index (χ1v) is 6.09. The van der Waals surface area contributed by atoms with E-state index in [0.29, 0.717) is 11.8 Å². The molecule has 2 unspecified atom stereocenters. The summed E-state index contributed by atoms with van der Waals surface area (Å²) in [7, 11) is 0. The molecule has 1 fully saturated rings. The molecule has 2 aliphatic rings. The Labute approximate surface area is 96.3 Å². The van der Waals surface area contributed by atoms with Gasteiger partial charge >= 0.3 is 0 Å². The third-order valence-corrected chi connectivity index (χ3v) is 3.52. The van der Waals surface area contributed by atoms with E-state index in [9.17, 15) is 4.79 Å². The van der Waals surface area contributed by atoms with E-state index < -0.39 is 5.60 Å². The van der Waals surface area contributed by atoms with Crippen molar-refractivity contribution in [3.8, 4) is 0 Å². The molecule has 2 rings (SSSR count). The zero-order valence-electron chi connectivity index (χ0n) is 10.0. The molecule has 16 heavy (non-hydrogen) atoms. The number of nitrogens with two attached hydrogens (primary N) is 1. The van der Waals surface area contributed by atoms with Gasteiger partial charge in [0.05, 0.1) is 0 Å². The van der Waals surface area contributed by atoms with E-state index in [1.807, 2.05) is 0 Å². The summed E-state index contributed by atoms with van der Waals surface area (Å²) in [5, 5.41) is 0. The van der Waals surface area contributed by atoms with E-state index in [-0.39, 0.29) is 11.9 Å². The van der Waals surface area contributed by atoms with Crippen molar-refractivity contribution in [2.75, 3.05) is 0 Å². The molecule has 4 heteroatoms. The number of nitrogens with zero attached hydrogens (tertiary/aromatic N) is 1. The van der Waals surface area contributed by atoms with Gasteiger partial charge in [-0.15, -0.1) is 0 Å². The fraction of sp³-hybridized carbons (Fsp3) is 0.833. The van der Waals surface area contributed by atoms with Crippen LogP contribution in [0.3, 0.4) is 0 Å². The van der Waals surface area contributed by atoms with Crippen LogP contribution in [0.2, 0.25) is 0 Å². The van der Waals surface area contributed by atoms with Crippen molar-refractivity contribution >= 4 is 11.9 Å². The van der Waals surface area contributed by atoms with Crippen LogP contribution in [0, 0.1) is 11.8 Å². The second-order valence-electron chi connectivity index (χ2n) is 5.44. The van der Waals surface area contributed by atoms with Crippen molar-refractivity contribution in [3.05, 3.63) is 0 Å². The lowest BCUT2D eigenvalue weighted by atomic mass is 9.75. The molecule has 0 saturated heterocycles. The minimum Gasteiger partial charge on any atom is -0.448 e. The zero-order valence-corrected chi connectivity index (χ0v) is 10.0. The number of ether oxygens (including phenoxy) is 1. The highest BCUT2D eigenvalue weighted by atomic mass is 16.5. The minimum absolute atomic E-state index is 0.0511. The van der Waals surface area contributed by atoms with Gasteiger partial charge in [-0.25, -0.2) is 0 Å². The number of hydrogen-bond donors (Lipinski definition) is 1. The van der Waals surface area contributed by atoms with Crippen LogP contribution < -0.4 is 5.73 Å². The van der Waals surface area contributed by atoms with Crippen LogP contribution in [-0.4, -0.2) is 17.5 Å². The standard InChI is InChI=1S/C12H20N2O2/c1-8(2)6-9-4-3-5-12(7-9)10(15)14-11(13)16-12/h8-9H,3-7H2,1-2H3,(H2,13,14,15). The average molecular weight is 224 g/mol. The highest BCUT2D eigenvalue weighted by Gasteiger charge is 2.49. The van der Waals surface area contributed by atoms with E-state index in [0.717, 1.165) is 25.7 Å². The molecular weight excluding hydrogens is 204 g/mol. The van der Waals surface area contributed by atoms with Crippen LogP contribution in [0.1, 0.15) is 46.0 Å². The highest BCUT2D eigenvalue weighted by molar-refractivity contribution is 6.00. The molecule has 1 heterocycles. The molecule has 1 amide bonds. The molecule has 0 aromatic heterocycles. The number of aliphatic imine (C=N–C) groups is 1. The normalized spacial score (nSPS) is 34.3. The maximum absolute atomic E-state index is 11.8. The third kappa shape index (κ3) is 2.06. The van der Waals surface area contributed by atoms with Crippen LogP contribution in [0.4, 0.5) is 0 Å². The van der Waals surface area contributed by atoms with Crippen LogP contribution >= 0.6 is 0 Å². The fourth-order valence-electron chi connectivity index (χ4n) is 2.97. The molecule has 0 aromatic carbocycles. The van der Waals surface area contributed by atoms with Crippen LogP contribution in [0.15, 0.2) is 4.99 Å². The summed E-state index contributed by atoms with van der Waals surface area (Å²) in [6.07, 6.45) is 4.93. The Morgan fingerprint density at radius 2 is 2.38 bits per heavy atom. The van der Waals surface area contributed by atoms with E-state index in [4.69, 9.17) is 10.5 Å².